The Kier molecular flexibility index (Phi) is 3.58. The summed E-state index contributed by atoms with van der Waals surface area (Å²) < 4.78 is 0. The number of hydrogen-bond acceptors (Lipinski definition) is 1. The van der Waals surface area contributed by atoms with Crippen molar-refractivity contribution in [1.82, 2.24) is 4.90 Å². The molecule has 0 bridgehead atoms. The van der Waals surface area contributed by atoms with Gasteiger partial charge in [-0.05, 0) is 29.9 Å². The minimum Gasteiger partial charge on any atom is -0.295 e. The van der Waals surface area contributed by atoms with Crippen molar-refractivity contribution in [1.29, 1.82) is 0 Å². The standard InChI is InChI=1S/C16H25N/c1-13-10-11-17(15(13)16(2,3)4)12-14-8-6-5-7-9-14/h5-9,13,15H,10-12H2,1-4H3/t13-,15-/m0/s1. The van der Waals surface area contributed by atoms with Gasteiger partial charge in [0.05, 0.1) is 0 Å². The Morgan fingerprint density at radius 2 is 1.82 bits per heavy atom. The molecular weight excluding hydrogens is 206 g/mol. The predicted molar refractivity (Wildman–Crippen MR) is 73.9 cm³/mol. The molecule has 1 nitrogen and oxygen atoms in total. The molecule has 0 saturated carbocycles. The van der Waals surface area contributed by atoms with Crippen LogP contribution in [0, 0.1) is 11.3 Å². The van der Waals surface area contributed by atoms with Crippen molar-refractivity contribution >= 4 is 0 Å². The highest BCUT2D eigenvalue weighted by Gasteiger charge is 2.38. The summed E-state index contributed by atoms with van der Waals surface area (Å²) in [6.45, 7) is 11.9. The third-order valence-electron chi connectivity index (χ3n) is 3.92. The summed E-state index contributed by atoms with van der Waals surface area (Å²) in [5, 5.41) is 0. The lowest BCUT2D eigenvalue weighted by Gasteiger charge is -2.37. The molecule has 0 N–H and O–H groups in total. The van der Waals surface area contributed by atoms with E-state index in [-0.39, 0.29) is 0 Å². The molecule has 0 unspecified atom stereocenters. The first-order chi connectivity index (χ1) is 7.98. The Balaban J connectivity index is 2.11. The lowest BCUT2D eigenvalue weighted by molar-refractivity contribution is 0.110. The lowest BCUT2D eigenvalue weighted by Crippen LogP contribution is -2.41. The molecule has 1 aliphatic rings. The van der Waals surface area contributed by atoms with Crippen LogP contribution in [0.1, 0.15) is 39.7 Å². The number of hydrogen-bond donors (Lipinski definition) is 0. The lowest BCUT2D eigenvalue weighted by atomic mass is 9.80. The summed E-state index contributed by atoms with van der Waals surface area (Å²) in [5.74, 6) is 0.818. The van der Waals surface area contributed by atoms with Gasteiger partial charge in [0.1, 0.15) is 0 Å². The maximum Gasteiger partial charge on any atom is 0.0237 e. The van der Waals surface area contributed by atoms with E-state index in [9.17, 15) is 0 Å². The van der Waals surface area contributed by atoms with Crippen LogP contribution in [0.25, 0.3) is 0 Å². The Morgan fingerprint density at radius 1 is 1.18 bits per heavy atom. The van der Waals surface area contributed by atoms with Crippen LogP contribution in [0.2, 0.25) is 0 Å². The molecule has 17 heavy (non-hydrogen) atoms. The van der Waals surface area contributed by atoms with Crippen LogP contribution in [0.3, 0.4) is 0 Å². The summed E-state index contributed by atoms with van der Waals surface area (Å²) in [5.41, 5.74) is 1.82. The zero-order valence-electron chi connectivity index (χ0n) is 11.6. The van der Waals surface area contributed by atoms with Crippen LogP contribution < -0.4 is 0 Å². The van der Waals surface area contributed by atoms with Crippen molar-refractivity contribution in [3.63, 3.8) is 0 Å². The molecule has 1 heteroatoms. The van der Waals surface area contributed by atoms with Crippen molar-refractivity contribution in [3.8, 4) is 0 Å². The molecule has 1 aromatic carbocycles. The van der Waals surface area contributed by atoms with Gasteiger partial charge >= 0.3 is 0 Å². The molecule has 0 spiro atoms. The third-order valence-corrected chi connectivity index (χ3v) is 3.92. The van der Waals surface area contributed by atoms with Crippen molar-refractivity contribution in [2.45, 2.75) is 46.7 Å². The fraction of sp³-hybridized carbons (Fsp3) is 0.625. The molecule has 2 atom stereocenters. The second-order valence-corrected chi connectivity index (χ2v) is 6.53. The van der Waals surface area contributed by atoms with Crippen molar-refractivity contribution in [2.75, 3.05) is 6.54 Å². The number of rotatable bonds is 2. The number of likely N-dealkylation sites (tertiary alicyclic amines) is 1. The molecule has 1 aliphatic heterocycles. The third kappa shape index (κ3) is 2.90. The molecule has 1 fully saturated rings. The first-order valence-electron chi connectivity index (χ1n) is 6.76. The average molecular weight is 231 g/mol. The van der Waals surface area contributed by atoms with Gasteiger partial charge in [-0.15, -0.1) is 0 Å². The second-order valence-electron chi connectivity index (χ2n) is 6.53. The molecule has 94 valence electrons. The van der Waals surface area contributed by atoms with Gasteiger partial charge in [-0.25, -0.2) is 0 Å². The smallest absolute Gasteiger partial charge is 0.0237 e. The molecule has 1 saturated heterocycles. The van der Waals surface area contributed by atoms with Gasteiger partial charge in [-0.2, -0.15) is 0 Å². The largest absolute Gasteiger partial charge is 0.295 e. The number of benzene rings is 1. The van der Waals surface area contributed by atoms with E-state index in [1.54, 1.807) is 0 Å². The fourth-order valence-corrected chi connectivity index (χ4v) is 3.42. The van der Waals surface area contributed by atoms with Crippen molar-refractivity contribution in [3.05, 3.63) is 35.9 Å². The van der Waals surface area contributed by atoms with E-state index < -0.39 is 0 Å². The van der Waals surface area contributed by atoms with E-state index in [1.807, 2.05) is 0 Å². The molecule has 2 rings (SSSR count). The van der Waals surface area contributed by atoms with Crippen LogP contribution in [0.15, 0.2) is 30.3 Å². The van der Waals surface area contributed by atoms with E-state index in [0.29, 0.717) is 11.5 Å². The summed E-state index contributed by atoms with van der Waals surface area (Å²) in [7, 11) is 0. The maximum atomic E-state index is 2.67. The molecule has 0 aromatic heterocycles. The van der Waals surface area contributed by atoms with Crippen LogP contribution in [-0.2, 0) is 6.54 Å². The van der Waals surface area contributed by atoms with Gasteiger partial charge < -0.3 is 0 Å². The molecule has 1 aromatic rings. The van der Waals surface area contributed by atoms with E-state index >= 15 is 0 Å². The topological polar surface area (TPSA) is 3.24 Å². The van der Waals surface area contributed by atoms with Crippen LogP contribution >= 0.6 is 0 Å². The SMILES string of the molecule is C[C@H]1CCN(Cc2ccccc2)[C@@H]1C(C)(C)C. The normalized spacial score (nSPS) is 26.4. The zero-order valence-corrected chi connectivity index (χ0v) is 11.6. The summed E-state index contributed by atoms with van der Waals surface area (Å²) in [6.07, 6.45) is 1.34. The van der Waals surface area contributed by atoms with Gasteiger partial charge in [0.15, 0.2) is 0 Å². The van der Waals surface area contributed by atoms with Crippen LogP contribution in [0.5, 0.6) is 0 Å². The average Bonchev–Trinajstić information content (AvgIpc) is 2.60. The Labute approximate surface area is 106 Å². The Hall–Kier alpha value is -0.820. The van der Waals surface area contributed by atoms with Gasteiger partial charge in [0.2, 0.25) is 0 Å². The Bertz CT molecular complexity index is 350. The molecule has 0 amide bonds. The predicted octanol–water partition coefficient (Wildman–Crippen LogP) is 3.94. The minimum absolute atomic E-state index is 0.380. The summed E-state index contributed by atoms with van der Waals surface area (Å²) in [4.78, 5) is 2.67. The van der Waals surface area contributed by atoms with Crippen LogP contribution in [0.4, 0.5) is 0 Å². The highest BCUT2D eigenvalue weighted by atomic mass is 15.2. The van der Waals surface area contributed by atoms with E-state index in [4.69, 9.17) is 0 Å². The van der Waals surface area contributed by atoms with E-state index in [2.05, 4.69) is 62.9 Å². The van der Waals surface area contributed by atoms with Gasteiger partial charge in [0, 0.05) is 12.6 Å². The van der Waals surface area contributed by atoms with Crippen molar-refractivity contribution in [2.24, 2.45) is 11.3 Å². The van der Waals surface area contributed by atoms with E-state index in [0.717, 1.165) is 12.5 Å². The Morgan fingerprint density at radius 3 is 2.41 bits per heavy atom. The number of nitrogens with zero attached hydrogens (tertiary/aromatic N) is 1. The molecule has 1 heterocycles. The maximum absolute atomic E-state index is 2.67. The van der Waals surface area contributed by atoms with Crippen LogP contribution in [-0.4, -0.2) is 17.5 Å². The summed E-state index contributed by atoms with van der Waals surface area (Å²) >= 11 is 0. The highest BCUT2D eigenvalue weighted by molar-refractivity contribution is 5.15. The van der Waals surface area contributed by atoms with Gasteiger partial charge in [0.25, 0.3) is 0 Å². The highest BCUT2D eigenvalue weighted by Crippen LogP contribution is 2.37. The first-order valence-corrected chi connectivity index (χ1v) is 6.76. The zero-order chi connectivity index (χ0) is 12.5. The van der Waals surface area contributed by atoms with E-state index in [1.165, 1.54) is 18.5 Å². The van der Waals surface area contributed by atoms with Crippen molar-refractivity contribution < 1.29 is 0 Å². The quantitative estimate of drug-likeness (QED) is 0.745. The van der Waals surface area contributed by atoms with Gasteiger partial charge in [-0.3, -0.25) is 4.90 Å². The monoisotopic (exact) mass is 231 g/mol. The minimum atomic E-state index is 0.380. The second kappa shape index (κ2) is 4.81. The molecule has 0 aliphatic carbocycles. The first kappa shape index (κ1) is 12.6. The fourth-order valence-electron chi connectivity index (χ4n) is 3.42. The summed E-state index contributed by atoms with van der Waals surface area (Å²) in [6, 6.07) is 11.6. The van der Waals surface area contributed by atoms with Gasteiger partial charge in [-0.1, -0.05) is 58.0 Å². The molecular formula is C16H25N. The molecule has 0 radical (unpaired) electrons.